The van der Waals surface area contributed by atoms with Gasteiger partial charge in [-0.15, -0.1) is 0 Å². The van der Waals surface area contributed by atoms with Crippen molar-refractivity contribution in [2.24, 2.45) is 5.92 Å². The number of benzene rings is 2. The first-order valence-corrected chi connectivity index (χ1v) is 10.8. The number of thioether (sulfide) groups is 1. The SMILES string of the molecule is Cc1ccccc1-n1ccnc1SCC(=O)Nc1ccccc1C(=O)NCC(C)C. The number of aryl methyl sites for hydroxylation is 1. The molecule has 2 N–H and O–H groups in total. The molecule has 0 aliphatic carbocycles. The molecule has 156 valence electrons. The van der Waals surface area contributed by atoms with E-state index in [1.807, 2.05) is 55.8 Å². The van der Waals surface area contributed by atoms with Gasteiger partial charge in [0.1, 0.15) is 0 Å². The van der Waals surface area contributed by atoms with Crippen molar-refractivity contribution in [1.29, 1.82) is 0 Å². The Balaban J connectivity index is 1.65. The van der Waals surface area contributed by atoms with Crippen LogP contribution in [0.5, 0.6) is 0 Å². The molecule has 2 amide bonds. The molecule has 0 spiro atoms. The highest BCUT2D eigenvalue weighted by atomic mass is 32.2. The molecule has 30 heavy (non-hydrogen) atoms. The first-order chi connectivity index (χ1) is 14.5. The molecular weight excluding hydrogens is 396 g/mol. The standard InChI is InChI=1S/C23H26N4O2S/c1-16(2)14-25-22(29)18-9-5-6-10-19(18)26-21(28)15-30-23-24-12-13-27(23)20-11-7-4-8-17(20)3/h4-13,16H,14-15H2,1-3H3,(H,25,29)(H,26,28). The van der Waals surface area contributed by atoms with Crippen LogP contribution in [0.3, 0.4) is 0 Å². The van der Waals surface area contributed by atoms with Crippen LogP contribution in [0.4, 0.5) is 5.69 Å². The number of rotatable bonds is 8. The molecule has 1 aromatic heterocycles. The van der Waals surface area contributed by atoms with Crippen LogP contribution in [0, 0.1) is 12.8 Å². The number of nitrogens with one attached hydrogen (secondary N) is 2. The third-order valence-electron chi connectivity index (χ3n) is 4.43. The van der Waals surface area contributed by atoms with E-state index in [-0.39, 0.29) is 17.6 Å². The van der Waals surface area contributed by atoms with Crippen LogP contribution in [0.1, 0.15) is 29.8 Å². The Labute approximate surface area is 181 Å². The fourth-order valence-corrected chi connectivity index (χ4v) is 3.68. The van der Waals surface area contributed by atoms with E-state index in [4.69, 9.17) is 0 Å². The first kappa shape index (κ1) is 21.6. The first-order valence-electron chi connectivity index (χ1n) is 9.85. The summed E-state index contributed by atoms with van der Waals surface area (Å²) in [6.07, 6.45) is 3.61. The number of imidazole rings is 1. The molecule has 0 fully saturated rings. The maximum Gasteiger partial charge on any atom is 0.253 e. The molecule has 3 rings (SSSR count). The summed E-state index contributed by atoms with van der Waals surface area (Å²) in [5, 5.41) is 6.48. The topological polar surface area (TPSA) is 76.0 Å². The molecule has 0 radical (unpaired) electrons. The van der Waals surface area contributed by atoms with Gasteiger partial charge in [-0.05, 0) is 36.6 Å². The predicted molar refractivity (Wildman–Crippen MR) is 121 cm³/mol. The maximum absolute atomic E-state index is 12.6. The number of hydrogen-bond donors (Lipinski definition) is 2. The van der Waals surface area contributed by atoms with Gasteiger partial charge >= 0.3 is 0 Å². The van der Waals surface area contributed by atoms with E-state index in [2.05, 4.69) is 15.6 Å². The number of para-hydroxylation sites is 2. The highest BCUT2D eigenvalue weighted by molar-refractivity contribution is 7.99. The van der Waals surface area contributed by atoms with E-state index in [9.17, 15) is 9.59 Å². The summed E-state index contributed by atoms with van der Waals surface area (Å²) in [5.41, 5.74) is 3.12. The molecule has 6 nitrogen and oxygen atoms in total. The highest BCUT2D eigenvalue weighted by Crippen LogP contribution is 2.23. The number of carbonyl (C=O) groups excluding carboxylic acids is 2. The van der Waals surface area contributed by atoms with Crippen molar-refractivity contribution in [3.8, 4) is 5.69 Å². The summed E-state index contributed by atoms with van der Waals surface area (Å²) >= 11 is 1.35. The third-order valence-corrected chi connectivity index (χ3v) is 5.40. The summed E-state index contributed by atoms with van der Waals surface area (Å²) in [6, 6.07) is 15.1. The van der Waals surface area contributed by atoms with Crippen LogP contribution in [0.25, 0.3) is 5.69 Å². The molecule has 0 atom stereocenters. The molecule has 0 bridgehead atoms. The smallest absolute Gasteiger partial charge is 0.253 e. The molecule has 3 aromatic rings. The van der Waals surface area contributed by atoms with E-state index in [0.717, 1.165) is 16.4 Å². The third kappa shape index (κ3) is 5.51. The van der Waals surface area contributed by atoms with Crippen LogP contribution in [0.15, 0.2) is 66.1 Å². The molecule has 0 saturated carbocycles. The van der Waals surface area contributed by atoms with Crippen molar-refractivity contribution in [1.82, 2.24) is 14.9 Å². The monoisotopic (exact) mass is 422 g/mol. The lowest BCUT2D eigenvalue weighted by molar-refractivity contribution is -0.113. The van der Waals surface area contributed by atoms with Crippen molar-refractivity contribution in [3.63, 3.8) is 0 Å². The van der Waals surface area contributed by atoms with E-state index >= 15 is 0 Å². The minimum Gasteiger partial charge on any atom is -0.352 e. The Morgan fingerprint density at radius 2 is 1.83 bits per heavy atom. The zero-order chi connectivity index (χ0) is 21.5. The molecule has 2 aromatic carbocycles. The van der Waals surface area contributed by atoms with Gasteiger partial charge in [0.2, 0.25) is 5.91 Å². The van der Waals surface area contributed by atoms with Gasteiger partial charge in [0.15, 0.2) is 5.16 Å². The van der Waals surface area contributed by atoms with E-state index in [1.165, 1.54) is 11.8 Å². The molecule has 0 unspecified atom stereocenters. The van der Waals surface area contributed by atoms with E-state index in [0.29, 0.717) is 23.7 Å². The summed E-state index contributed by atoms with van der Waals surface area (Å²) in [7, 11) is 0. The van der Waals surface area contributed by atoms with Gasteiger partial charge in [-0.1, -0.05) is 55.9 Å². The maximum atomic E-state index is 12.6. The van der Waals surface area contributed by atoms with Gasteiger partial charge < -0.3 is 10.6 Å². The second-order valence-corrected chi connectivity index (χ2v) is 8.30. The fraction of sp³-hybridized carbons (Fsp3) is 0.261. The van der Waals surface area contributed by atoms with Gasteiger partial charge in [-0.2, -0.15) is 0 Å². The minimum absolute atomic E-state index is 0.185. The van der Waals surface area contributed by atoms with E-state index in [1.54, 1.807) is 30.5 Å². The van der Waals surface area contributed by atoms with Crippen molar-refractivity contribution < 1.29 is 9.59 Å². The minimum atomic E-state index is -0.192. The fourth-order valence-electron chi connectivity index (χ4n) is 2.91. The van der Waals surface area contributed by atoms with Crippen molar-refractivity contribution in [2.45, 2.75) is 25.9 Å². The molecule has 0 aliphatic heterocycles. The van der Waals surface area contributed by atoms with Crippen LogP contribution < -0.4 is 10.6 Å². The highest BCUT2D eigenvalue weighted by Gasteiger charge is 2.15. The molecule has 1 heterocycles. The zero-order valence-electron chi connectivity index (χ0n) is 17.4. The number of hydrogen-bond acceptors (Lipinski definition) is 4. The van der Waals surface area contributed by atoms with Crippen LogP contribution in [-0.4, -0.2) is 33.7 Å². The number of anilines is 1. The van der Waals surface area contributed by atoms with Gasteiger partial charge in [-0.25, -0.2) is 4.98 Å². The largest absolute Gasteiger partial charge is 0.352 e. The van der Waals surface area contributed by atoms with Crippen LogP contribution in [-0.2, 0) is 4.79 Å². The number of nitrogens with zero attached hydrogens (tertiary/aromatic N) is 2. The summed E-state index contributed by atoms with van der Waals surface area (Å²) in [5.74, 6) is 0.153. The Hall–Kier alpha value is -3.06. The Morgan fingerprint density at radius 3 is 2.60 bits per heavy atom. The normalized spacial score (nSPS) is 10.8. The average molecular weight is 423 g/mol. The lowest BCUT2D eigenvalue weighted by atomic mass is 10.1. The predicted octanol–water partition coefficient (Wildman–Crippen LogP) is 4.30. The Kier molecular flexibility index (Phi) is 7.30. The second-order valence-electron chi connectivity index (χ2n) is 7.35. The van der Waals surface area contributed by atoms with Crippen molar-refractivity contribution in [3.05, 3.63) is 72.1 Å². The molecule has 0 aliphatic rings. The van der Waals surface area contributed by atoms with Gasteiger partial charge in [0.25, 0.3) is 5.91 Å². The van der Waals surface area contributed by atoms with Gasteiger partial charge in [0, 0.05) is 18.9 Å². The summed E-state index contributed by atoms with van der Waals surface area (Å²) in [6.45, 7) is 6.69. The number of carbonyl (C=O) groups is 2. The second kappa shape index (κ2) is 10.1. The average Bonchev–Trinajstić information content (AvgIpc) is 3.19. The lowest BCUT2D eigenvalue weighted by Crippen LogP contribution is -2.28. The quantitative estimate of drug-likeness (QED) is 0.531. The van der Waals surface area contributed by atoms with Gasteiger partial charge in [-0.3, -0.25) is 14.2 Å². The Morgan fingerprint density at radius 1 is 1.10 bits per heavy atom. The van der Waals surface area contributed by atoms with Crippen molar-refractivity contribution >= 4 is 29.3 Å². The molecular formula is C23H26N4O2S. The van der Waals surface area contributed by atoms with Crippen LogP contribution >= 0.6 is 11.8 Å². The summed E-state index contributed by atoms with van der Waals surface area (Å²) < 4.78 is 1.97. The number of aromatic nitrogens is 2. The Bertz CT molecular complexity index is 1030. The van der Waals surface area contributed by atoms with Gasteiger partial charge in [0.05, 0.1) is 22.7 Å². The van der Waals surface area contributed by atoms with Crippen molar-refractivity contribution in [2.75, 3.05) is 17.6 Å². The molecule has 7 heteroatoms. The molecule has 0 saturated heterocycles. The zero-order valence-corrected chi connectivity index (χ0v) is 18.2. The van der Waals surface area contributed by atoms with Crippen LogP contribution in [0.2, 0.25) is 0 Å². The lowest BCUT2D eigenvalue weighted by Gasteiger charge is -2.13. The number of amides is 2. The summed E-state index contributed by atoms with van der Waals surface area (Å²) in [4.78, 5) is 29.4. The van der Waals surface area contributed by atoms with E-state index < -0.39 is 0 Å².